The highest BCUT2D eigenvalue weighted by molar-refractivity contribution is 6.20. The summed E-state index contributed by atoms with van der Waals surface area (Å²) in [5.41, 5.74) is -0.532. The van der Waals surface area contributed by atoms with Gasteiger partial charge in [0.05, 0.1) is 24.2 Å². The predicted octanol–water partition coefficient (Wildman–Crippen LogP) is 1.66. The number of para-hydroxylation sites is 2. The van der Waals surface area contributed by atoms with Crippen LogP contribution in [0, 0.1) is 6.92 Å². The van der Waals surface area contributed by atoms with Crippen LogP contribution < -0.4 is 15.0 Å². The quantitative estimate of drug-likeness (QED) is 0.633. The first-order valence-electron chi connectivity index (χ1n) is 8.78. The minimum atomic E-state index is -1.81. The van der Waals surface area contributed by atoms with E-state index in [2.05, 4.69) is 10.4 Å². The minimum Gasteiger partial charge on any atom is -0.465 e. The lowest BCUT2D eigenvalue weighted by molar-refractivity contribution is -0.145. The van der Waals surface area contributed by atoms with E-state index in [4.69, 9.17) is 9.47 Å². The standard InChI is InChI=1S/C19H22N4O5/c1-6-23-12-9-7-8-10-13(12)28-19(3,18(23)26)17(25)20-14-11(2)21-22(4)15(14)16(24)27-5/h7-10H,6H2,1-5H3,(H,20,25). The second-order valence-electron chi connectivity index (χ2n) is 6.53. The molecule has 1 aliphatic rings. The summed E-state index contributed by atoms with van der Waals surface area (Å²) >= 11 is 0. The fraction of sp³-hybridized carbons (Fsp3) is 0.368. The normalized spacial score (nSPS) is 18.3. The van der Waals surface area contributed by atoms with E-state index < -0.39 is 23.4 Å². The van der Waals surface area contributed by atoms with Crippen LogP contribution in [0.25, 0.3) is 0 Å². The Hall–Kier alpha value is -3.36. The number of esters is 1. The summed E-state index contributed by atoms with van der Waals surface area (Å²) in [5.74, 6) is -1.42. The van der Waals surface area contributed by atoms with Crippen LogP contribution >= 0.6 is 0 Å². The molecule has 3 rings (SSSR count). The number of carbonyl (C=O) groups excluding carboxylic acids is 3. The van der Waals surface area contributed by atoms with Crippen molar-refractivity contribution >= 4 is 29.2 Å². The molecule has 1 atom stereocenters. The molecule has 1 N–H and O–H groups in total. The average Bonchev–Trinajstić information content (AvgIpc) is 2.95. The van der Waals surface area contributed by atoms with Gasteiger partial charge in [-0.3, -0.25) is 14.3 Å². The van der Waals surface area contributed by atoms with Crippen LogP contribution in [-0.4, -0.2) is 46.8 Å². The zero-order chi connectivity index (χ0) is 20.6. The van der Waals surface area contributed by atoms with Crippen LogP contribution in [0.5, 0.6) is 5.75 Å². The lowest BCUT2D eigenvalue weighted by Gasteiger charge is -2.39. The van der Waals surface area contributed by atoms with Crippen molar-refractivity contribution in [2.45, 2.75) is 26.4 Å². The Kier molecular flexibility index (Phi) is 4.84. The third-order valence-corrected chi connectivity index (χ3v) is 4.71. The molecule has 0 saturated carbocycles. The maximum Gasteiger partial charge on any atom is 0.358 e. The molecule has 0 radical (unpaired) electrons. The van der Waals surface area contributed by atoms with Crippen molar-refractivity contribution in [3.8, 4) is 5.75 Å². The largest absolute Gasteiger partial charge is 0.465 e. The Morgan fingerprint density at radius 3 is 2.64 bits per heavy atom. The van der Waals surface area contributed by atoms with E-state index in [1.54, 1.807) is 38.2 Å². The van der Waals surface area contributed by atoms with E-state index in [1.807, 2.05) is 6.92 Å². The SMILES string of the molecule is CCN1C(=O)C(C)(C(=O)Nc2c(C)nn(C)c2C(=O)OC)Oc2ccccc21. The van der Waals surface area contributed by atoms with Gasteiger partial charge >= 0.3 is 5.97 Å². The number of nitrogens with zero attached hydrogens (tertiary/aromatic N) is 3. The second-order valence-corrected chi connectivity index (χ2v) is 6.53. The molecule has 9 nitrogen and oxygen atoms in total. The zero-order valence-electron chi connectivity index (χ0n) is 16.4. The number of fused-ring (bicyclic) bond motifs is 1. The van der Waals surface area contributed by atoms with Gasteiger partial charge in [0, 0.05) is 13.6 Å². The van der Waals surface area contributed by atoms with Crippen molar-refractivity contribution in [3.63, 3.8) is 0 Å². The number of likely N-dealkylation sites (N-methyl/N-ethyl adjacent to an activating group) is 1. The van der Waals surface area contributed by atoms with Gasteiger partial charge in [-0.2, -0.15) is 5.10 Å². The Balaban J connectivity index is 2.00. The molecule has 28 heavy (non-hydrogen) atoms. The number of hydrogen-bond acceptors (Lipinski definition) is 6. The highest BCUT2D eigenvalue weighted by Crippen LogP contribution is 2.38. The van der Waals surface area contributed by atoms with Crippen molar-refractivity contribution in [2.24, 2.45) is 7.05 Å². The summed E-state index contributed by atoms with van der Waals surface area (Å²) in [6.07, 6.45) is 0. The van der Waals surface area contributed by atoms with E-state index >= 15 is 0 Å². The third-order valence-electron chi connectivity index (χ3n) is 4.71. The molecule has 148 valence electrons. The molecule has 2 amide bonds. The van der Waals surface area contributed by atoms with Crippen LogP contribution in [0.4, 0.5) is 11.4 Å². The van der Waals surface area contributed by atoms with Gasteiger partial charge in [-0.05, 0) is 32.9 Å². The van der Waals surface area contributed by atoms with Gasteiger partial charge in [0.25, 0.3) is 17.4 Å². The average molecular weight is 386 g/mol. The van der Waals surface area contributed by atoms with Gasteiger partial charge in [0.2, 0.25) is 0 Å². The molecule has 2 heterocycles. The van der Waals surface area contributed by atoms with Gasteiger partial charge in [-0.15, -0.1) is 0 Å². The number of nitrogens with one attached hydrogen (secondary N) is 1. The van der Waals surface area contributed by atoms with Crippen molar-refractivity contribution in [1.29, 1.82) is 0 Å². The monoisotopic (exact) mass is 386 g/mol. The lowest BCUT2D eigenvalue weighted by Crippen LogP contribution is -2.60. The molecular formula is C19H22N4O5. The molecule has 0 saturated heterocycles. The number of aromatic nitrogens is 2. The topological polar surface area (TPSA) is 103 Å². The van der Waals surface area contributed by atoms with Gasteiger partial charge in [0.15, 0.2) is 5.69 Å². The number of benzene rings is 1. The molecule has 0 fully saturated rings. The Bertz CT molecular complexity index is 967. The van der Waals surface area contributed by atoms with Crippen LogP contribution in [-0.2, 0) is 21.4 Å². The number of carbonyl (C=O) groups is 3. The first-order chi connectivity index (χ1) is 13.2. The van der Waals surface area contributed by atoms with Gasteiger partial charge in [0.1, 0.15) is 5.75 Å². The maximum atomic E-state index is 13.1. The summed E-state index contributed by atoms with van der Waals surface area (Å²) in [4.78, 5) is 39.8. The smallest absolute Gasteiger partial charge is 0.358 e. The zero-order valence-corrected chi connectivity index (χ0v) is 16.4. The molecule has 9 heteroatoms. The fourth-order valence-corrected chi connectivity index (χ4v) is 3.23. The van der Waals surface area contributed by atoms with E-state index in [9.17, 15) is 14.4 Å². The lowest BCUT2D eigenvalue weighted by atomic mass is 9.99. The molecule has 0 spiro atoms. The second kappa shape index (κ2) is 6.99. The summed E-state index contributed by atoms with van der Waals surface area (Å²) < 4.78 is 11.9. The Morgan fingerprint density at radius 1 is 1.32 bits per heavy atom. The predicted molar refractivity (Wildman–Crippen MR) is 101 cm³/mol. The van der Waals surface area contributed by atoms with Crippen molar-refractivity contribution in [3.05, 3.63) is 35.7 Å². The molecule has 1 aliphatic heterocycles. The highest BCUT2D eigenvalue weighted by Gasteiger charge is 2.50. The maximum absolute atomic E-state index is 13.1. The first-order valence-corrected chi connectivity index (χ1v) is 8.78. The number of aryl methyl sites for hydroxylation is 2. The molecule has 2 aromatic rings. The first kappa shape index (κ1) is 19.4. The van der Waals surface area contributed by atoms with Crippen LogP contribution in [0.15, 0.2) is 24.3 Å². The molecular weight excluding hydrogens is 364 g/mol. The number of hydrogen-bond donors (Lipinski definition) is 1. The number of rotatable bonds is 4. The molecule has 0 aliphatic carbocycles. The Labute approximate surface area is 162 Å². The minimum absolute atomic E-state index is 0.0768. The highest BCUT2D eigenvalue weighted by atomic mass is 16.5. The number of ether oxygens (including phenoxy) is 2. The molecule has 1 aromatic carbocycles. The Morgan fingerprint density at radius 2 is 2.00 bits per heavy atom. The summed E-state index contributed by atoms with van der Waals surface area (Å²) in [7, 11) is 2.80. The van der Waals surface area contributed by atoms with Gasteiger partial charge in [-0.1, -0.05) is 12.1 Å². The molecule has 0 bridgehead atoms. The van der Waals surface area contributed by atoms with E-state index in [1.165, 1.54) is 23.6 Å². The van der Waals surface area contributed by atoms with Crippen LogP contribution in [0.1, 0.15) is 30.0 Å². The van der Waals surface area contributed by atoms with Gasteiger partial charge < -0.3 is 19.7 Å². The number of amides is 2. The fourth-order valence-electron chi connectivity index (χ4n) is 3.23. The van der Waals surface area contributed by atoms with Crippen molar-refractivity contribution < 1.29 is 23.9 Å². The number of methoxy groups -OCH3 is 1. The molecule has 1 aromatic heterocycles. The van der Waals surface area contributed by atoms with Crippen LogP contribution in [0.2, 0.25) is 0 Å². The van der Waals surface area contributed by atoms with Gasteiger partial charge in [-0.25, -0.2) is 4.79 Å². The van der Waals surface area contributed by atoms with Crippen molar-refractivity contribution in [2.75, 3.05) is 23.9 Å². The third kappa shape index (κ3) is 2.88. The van der Waals surface area contributed by atoms with E-state index in [0.717, 1.165) is 0 Å². The van der Waals surface area contributed by atoms with Crippen LogP contribution in [0.3, 0.4) is 0 Å². The summed E-state index contributed by atoms with van der Waals surface area (Å²) in [6.45, 7) is 5.24. The van der Waals surface area contributed by atoms with E-state index in [-0.39, 0.29) is 11.4 Å². The summed E-state index contributed by atoms with van der Waals surface area (Å²) in [6, 6.07) is 7.02. The molecule has 1 unspecified atom stereocenters. The number of anilines is 2. The summed E-state index contributed by atoms with van der Waals surface area (Å²) in [5, 5.41) is 6.79. The van der Waals surface area contributed by atoms with Crippen molar-refractivity contribution in [1.82, 2.24) is 9.78 Å². The van der Waals surface area contributed by atoms with E-state index in [0.29, 0.717) is 23.7 Å².